The number of hydrogen-bond donors (Lipinski definition) is 0. The zero-order valence-corrected chi connectivity index (χ0v) is 13.4. The third kappa shape index (κ3) is 7.11. The van der Waals surface area contributed by atoms with Crippen LogP contribution in [0.3, 0.4) is 0 Å². The molecular weight excluding hydrogens is 218 g/mol. The Morgan fingerprint density at radius 3 is 1.53 bits per heavy atom. The molecule has 0 aromatic rings. The molecule has 0 fully saturated rings. The van der Waals surface area contributed by atoms with Crippen molar-refractivity contribution in [2.75, 3.05) is 21.1 Å². The van der Waals surface area contributed by atoms with E-state index in [0.717, 1.165) is 0 Å². The van der Waals surface area contributed by atoms with Crippen LogP contribution in [-0.2, 0) is 14.0 Å². The monoisotopic (exact) mass is 247 g/mol. The molecule has 0 saturated heterocycles. The summed E-state index contributed by atoms with van der Waals surface area (Å²) < 4.78 is 1.70. The Morgan fingerprint density at radius 1 is 1.00 bits per heavy atom. The Labute approximate surface area is 94.7 Å². The number of nitrogens with zero attached hydrogens (tertiary/aromatic N) is 1. The van der Waals surface area contributed by atoms with Crippen molar-refractivity contribution < 1.29 is 14.0 Å². The molecule has 2 heteroatoms. The van der Waals surface area contributed by atoms with Crippen molar-refractivity contribution in [1.82, 2.24) is 4.90 Å². The Hall–Kier alpha value is 0.154. The fourth-order valence-corrected chi connectivity index (χ4v) is 4.60. The summed E-state index contributed by atoms with van der Waals surface area (Å²) >= 11 is -2.61. The topological polar surface area (TPSA) is 3.24 Å². The Balaban J connectivity index is 0.000000423. The molecule has 0 spiro atoms. The predicted molar refractivity (Wildman–Crippen MR) is 70.8 cm³/mol. The fourth-order valence-electron chi connectivity index (χ4n) is 1.37. The van der Waals surface area contributed by atoms with E-state index in [4.69, 9.17) is 0 Å². The van der Waals surface area contributed by atoms with Gasteiger partial charge in [-0.25, -0.2) is 0 Å². The molecule has 15 heavy (non-hydrogen) atoms. The minimum absolute atomic E-state index is 1.20. The van der Waals surface area contributed by atoms with E-state index >= 15 is 0 Å². The first kappa shape index (κ1) is 15.2. The zero-order valence-electron chi connectivity index (χ0n) is 11.9. The second kappa shape index (κ2) is 3.87. The quantitative estimate of drug-likeness (QED) is 0.618. The minimum atomic E-state index is -2.61. The average molecular weight is 247 g/mol. The molecule has 1 aliphatic carbocycles. The Morgan fingerprint density at radius 2 is 1.40 bits per heavy atom. The van der Waals surface area contributed by atoms with E-state index in [9.17, 15) is 0 Å². The molecular formula is C13H29NTi. The maximum atomic E-state index is 2.48. The summed E-state index contributed by atoms with van der Waals surface area (Å²) in [5.74, 6) is 0. The van der Waals surface area contributed by atoms with Crippen molar-refractivity contribution in [2.45, 2.75) is 32.6 Å². The van der Waals surface area contributed by atoms with Crippen LogP contribution in [0.25, 0.3) is 0 Å². The van der Waals surface area contributed by atoms with Gasteiger partial charge in [0, 0.05) is 0 Å². The van der Waals surface area contributed by atoms with Crippen LogP contribution in [0.4, 0.5) is 0 Å². The van der Waals surface area contributed by atoms with Crippen LogP contribution in [0.5, 0.6) is 0 Å². The molecule has 0 amide bonds. The van der Waals surface area contributed by atoms with Crippen LogP contribution in [0, 0.1) is 0 Å². The molecule has 0 saturated carbocycles. The van der Waals surface area contributed by atoms with E-state index in [-0.39, 0.29) is 0 Å². The third-order valence-corrected chi connectivity index (χ3v) is 7.97. The summed E-state index contributed by atoms with van der Waals surface area (Å²) in [7, 11) is 6.00. The van der Waals surface area contributed by atoms with Gasteiger partial charge in [0.1, 0.15) is 0 Å². The Bertz CT molecular complexity index is 271. The molecule has 0 aromatic carbocycles. The fraction of sp³-hybridized carbons (Fsp3) is 0.692. The SMILES string of the molecule is CN(C)C.[CH3][Ti]([CH3])([CH3])([CH3])([CH3])[C]1=CC=CC1. The molecule has 0 bridgehead atoms. The number of hydrogen-bond acceptors (Lipinski definition) is 1. The summed E-state index contributed by atoms with van der Waals surface area (Å²) in [6, 6.07) is 0. The number of allylic oxidation sites excluding steroid dienone is 4. The predicted octanol–water partition coefficient (Wildman–Crippen LogP) is 4.47. The molecule has 0 unspecified atom stereocenters. The van der Waals surface area contributed by atoms with Gasteiger partial charge in [0.15, 0.2) is 0 Å². The normalized spacial score (nSPS) is 20.2. The van der Waals surface area contributed by atoms with Crippen molar-refractivity contribution in [3.63, 3.8) is 0 Å². The molecule has 1 rings (SSSR count). The van der Waals surface area contributed by atoms with E-state index in [1.807, 2.05) is 26.0 Å². The maximum absolute atomic E-state index is 2.61. The molecule has 0 atom stereocenters. The van der Waals surface area contributed by atoms with Crippen LogP contribution in [0.15, 0.2) is 22.1 Å². The van der Waals surface area contributed by atoms with E-state index < -0.39 is 14.0 Å². The van der Waals surface area contributed by atoms with Gasteiger partial charge in [-0.2, -0.15) is 0 Å². The van der Waals surface area contributed by atoms with Crippen LogP contribution >= 0.6 is 0 Å². The van der Waals surface area contributed by atoms with Gasteiger partial charge in [0.25, 0.3) is 0 Å². The average Bonchev–Trinajstić information content (AvgIpc) is 2.27. The van der Waals surface area contributed by atoms with E-state index in [2.05, 4.69) is 44.4 Å². The first-order valence-corrected chi connectivity index (χ1v) is 14.4. The van der Waals surface area contributed by atoms with Crippen LogP contribution in [0.2, 0.25) is 26.1 Å². The van der Waals surface area contributed by atoms with Gasteiger partial charge < -0.3 is 4.90 Å². The summed E-state index contributed by atoms with van der Waals surface area (Å²) in [5, 5.41) is 12.4. The van der Waals surface area contributed by atoms with Gasteiger partial charge in [-0.1, -0.05) is 0 Å². The Kier molecular flexibility index (Phi) is 3.91. The van der Waals surface area contributed by atoms with Gasteiger partial charge in [0.2, 0.25) is 0 Å². The van der Waals surface area contributed by atoms with E-state index in [0.29, 0.717) is 0 Å². The summed E-state index contributed by atoms with van der Waals surface area (Å²) in [4.78, 5) is 2.00. The first-order valence-electron chi connectivity index (χ1n) is 5.81. The summed E-state index contributed by atoms with van der Waals surface area (Å²) in [6.45, 7) is 0. The molecule has 0 heterocycles. The van der Waals surface area contributed by atoms with Crippen molar-refractivity contribution in [1.29, 1.82) is 0 Å². The first-order chi connectivity index (χ1) is 6.33. The van der Waals surface area contributed by atoms with Crippen molar-refractivity contribution in [3.05, 3.63) is 22.1 Å². The molecule has 0 aliphatic heterocycles. The van der Waals surface area contributed by atoms with Crippen molar-refractivity contribution in [3.8, 4) is 0 Å². The summed E-state index contributed by atoms with van der Waals surface area (Å²) in [5.41, 5.74) is 0. The second-order valence-corrected chi connectivity index (χ2v) is 29.4. The molecule has 90 valence electrons. The standard InChI is InChI=1S/C5H5.C3H9N.5CH3.Ti/c1-2-4-5-3-1;1-4(2)3;;;;;;/h1-3H,4H2;1-3H3;5*1H3;. The van der Waals surface area contributed by atoms with Crippen LogP contribution < -0.4 is 0 Å². The van der Waals surface area contributed by atoms with Gasteiger partial charge in [-0.15, -0.1) is 0 Å². The van der Waals surface area contributed by atoms with Crippen LogP contribution in [-0.4, -0.2) is 26.0 Å². The summed E-state index contributed by atoms with van der Waals surface area (Å²) in [6.07, 6.45) is 7.98. The van der Waals surface area contributed by atoms with Crippen LogP contribution in [0.1, 0.15) is 6.42 Å². The third-order valence-electron chi connectivity index (χ3n) is 2.38. The van der Waals surface area contributed by atoms with E-state index in [1.165, 1.54) is 6.42 Å². The van der Waals surface area contributed by atoms with Gasteiger partial charge in [-0.05, 0) is 21.1 Å². The van der Waals surface area contributed by atoms with Crippen molar-refractivity contribution >= 4 is 0 Å². The van der Waals surface area contributed by atoms with Gasteiger partial charge >= 0.3 is 68.7 Å². The molecule has 0 N–H and O–H groups in total. The second-order valence-electron chi connectivity index (χ2n) is 8.92. The van der Waals surface area contributed by atoms with Gasteiger partial charge in [0.05, 0.1) is 0 Å². The molecule has 0 radical (unpaired) electrons. The van der Waals surface area contributed by atoms with Crippen molar-refractivity contribution in [2.24, 2.45) is 0 Å². The molecule has 1 nitrogen and oxygen atoms in total. The number of rotatable bonds is 1. The van der Waals surface area contributed by atoms with E-state index in [1.54, 1.807) is 3.88 Å². The van der Waals surface area contributed by atoms with Gasteiger partial charge in [-0.3, -0.25) is 0 Å². The zero-order chi connectivity index (χ0) is 12.4. The molecule has 0 aromatic heterocycles. The molecule has 1 aliphatic rings.